The van der Waals surface area contributed by atoms with Crippen molar-refractivity contribution in [3.8, 4) is 0 Å². The van der Waals surface area contributed by atoms with Crippen LogP contribution in [-0.4, -0.2) is 48.5 Å². The van der Waals surface area contributed by atoms with Gasteiger partial charge in [-0.3, -0.25) is 9.59 Å². The summed E-state index contributed by atoms with van der Waals surface area (Å²) in [5.74, 6) is -1.92. The van der Waals surface area contributed by atoms with Crippen molar-refractivity contribution < 1.29 is 28.7 Å². The molecule has 0 saturated heterocycles. The maximum Gasteiger partial charge on any atom is 0.330 e. The Hall–Kier alpha value is -1.83. The zero-order chi connectivity index (χ0) is 15.5. The lowest BCUT2D eigenvalue weighted by Crippen LogP contribution is -2.43. The average molecular weight is 303 g/mol. The lowest BCUT2D eigenvalue weighted by Gasteiger charge is -2.15. The molecule has 0 aliphatic rings. The molecule has 0 saturated carbocycles. The summed E-state index contributed by atoms with van der Waals surface area (Å²) in [5.41, 5.74) is 0. The van der Waals surface area contributed by atoms with E-state index in [1.54, 1.807) is 6.92 Å². The van der Waals surface area contributed by atoms with Crippen molar-refractivity contribution in [3.05, 3.63) is 12.2 Å². The smallest absolute Gasteiger partial charge is 0.330 e. The van der Waals surface area contributed by atoms with Crippen LogP contribution in [0.4, 0.5) is 0 Å². The minimum Gasteiger partial charge on any atom is -0.466 e. The molecule has 0 aromatic rings. The fourth-order valence-electron chi connectivity index (χ4n) is 1.04. The van der Waals surface area contributed by atoms with E-state index in [9.17, 15) is 19.2 Å². The number of hydrogen-bond donors (Lipinski definition) is 1. The molecule has 1 amide bonds. The third kappa shape index (κ3) is 8.30. The summed E-state index contributed by atoms with van der Waals surface area (Å²) in [6.45, 7) is 3.14. The minimum atomic E-state index is -0.960. The highest BCUT2D eigenvalue weighted by molar-refractivity contribution is 8.13. The molecular weight excluding hydrogens is 286 g/mol. The van der Waals surface area contributed by atoms with Gasteiger partial charge in [-0.05, 0) is 6.92 Å². The summed E-state index contributed by atoms with van der Waals surface area (Å²) in [7, 11) is 1.18. The van der Waals surface area contributed by atoms with Crippen LogP contribution in [0.1, 0.15) is 13.8 Å². The van der Waals surface area contributed by atoms with Crippen molar-refractivity contribution >= 4 is 34.7 Å². The number of thioether (sulfide) groups is 1. The molecule has 0 bridgehead atoms. The van der Waals surface area contributed by atoms with Gasteiger partial charge in [0.15, 0.2) is 5.12 Å². The van der Waals surface area contributed by atoms with Gasteiger partial charge in [-0.2, -0.15) is 0 Å². The van der Waals surface area contributed by atoms with Gasteiger partial charge in [-0.15, -0.1) is 0 Å². The van der Waals surface area contributed by atoms with Crippen LogP contribution in [0.3, 0.4) is 0 Å². The van der Waals surface area contributed by atoms with Crippen molar-refractivity contribution in [1.82, 2.24) is 5.32 Å². The molecule has 0 aromatic carbocycles. The van der Waals surface area contributed by atoms with Gasteiger partial charge < -0.3 is 14.8 Å². The number of ether oxygens (including phenoxy) is 2. The summed E-state index contributed by atoms with van der Waals surface area (Å²) in [5, 5.41) is 2.17. The zero-order valence-corrected chi connectivity index (χ0v) is 12.3. The maximum absolute atomic E-state index is 11.6. The fraction of sp³-hybridized carbons (Fsp3) is 0.500. The molecule has 0 rings (SSSR count). The van der Waals surface area contributed by atoms with Crippen LogP contribution in [0.5, 0.6) is 0 Å². The van der Waals surface area contributed by atoms with E-state index in [4.69, 9.17) is 4.74 Å². The Kier molecular flexibility index (Phi) is 9.10. The Balaban J connectivity index is 4.58. The lowest BCUT2D eigenvalue weighted by atomic mass is 10.3. The van der Waals surface area contributed by atoms with Gasteiger partial charge in [0.05, 0.1) is 13.7 Å². The van der Waals surface area contributed by atoms with Crippen molar-refractivity contribution in [2.75, 3.05) is 19.5 Å². The van der Waals surface area contributed by atoms with Gasteiger partial charge in [0.25, 0.3) is 0 Å². The molecule has 1 atom stereocenters. The number of hydrogen-bond acceptors (Lipinski definition) is 7. The molecule has 0 fully saturated rings. The Morgan fingerprint density at radius 2 is 1.90 bits per heavy atom. The van der Waals surface area contributed by atoms with Crippen LogP contribution in [0.15, 0.2) is 12.2 Å². The van der Waals surface area contributed by atoms with Gasteiger partial charge >= 0.3 is 11.9 Å². The fourth-order valence-corrected chi connectivity index (χ4v) is 1.66. The molecule has 0 radical (unpaired) electrons. The number of amides is 1. The van der Waals surface area contributed by atoms with Crippen LogP contribution in [0, 0.1) is 0 Å². The first-order valence-corrected chi connectivity index (χ1v) is 6.75. The van der Waals surface area contributed by atoms with E-state index in [2.05, 4.69) is 10.1 Å². The molecule has 1 unspecified atom stereocenters. The quantitative estimate of drug-likeness (QED) is 0.524. The van der Waals surface area contributed by atoms with Crippen LogP contribution in [0.25, 0.3) is 0 Å². The number of methoxy groups -OCH3 is 1. The first-order chi connectivity index (χ1) is 9.40. The Bertz CT molecular complexity index is 407. The van der Waals surface area contributed by atoms with Crippen molar-refractivity contribution in [3.63, 3.8) is 0 Å². The average Bonchev–Trinajstić information content (AvgIpc) is 2.40. The standard InChI is InChI=1S/C12H17NO6S/c1-4-19-12(17)9(7-20-8(2)14)13-10(15)5-6-11(16)18-3/h5-6,9H,4,7H2,1-3H3,(H,13,15)/b6-5+. The van der Waals surface area contributed by atoms with Gasteiger partial charge in [0, 0.05) is 24.8 Å². The number of carbonyl (C=O) groups excluding carboxylic acids is 4. The predicted molar refractivity (Wildman–Crippen MR) is 72.9 cm³/mol. The van der Waals surface area contributed by atoms with Gasteiger partial charge in [0.2, 0.25) is 5.91 Å². The molecule has 0 aliphatic heterocycles. The van der Waals surface area contributed by atoms with Crippen LogP contribution >= 0.6 is 11.8 Å². The molecule has 0 aliphatic carbocycles. The second-order valence-corrected chi connectivity index (χ2v) is 4.67. The Morgan fingerprint density at radius 3 is 2.40 bits per heavy atom. The highest BCUT2D eigenvalue weighted by Crippen LogP contribution is 2.05. The molecule has 0 heterocycles. The first kappa shape index (κ1) is 18.2. The molecule has 0 spiro atoms. The Morgan fingerprint density at radius 1 is 1.25 bits per heavy atom. The third-order valence-electron chi connectivity index (χ3n) is 1.91. The lowest BCUT2D eigenvalue weighted by molar-refractivity contribution is -0.146. The molecule has 1 N–H and O–H groups in total. The number of carbonyl (C=O) groups is 4. The van der Waals surface area contributed by atoms with Crippen LogP contribution in [-0.2, 0) is 28.7 Å². The summed E-state index contributed by atoms with van der Waals surface area (Å²) in [6, 6.07) is -0.960. The van der Waals surface area contributed by atoms with Gasteiger partial charge in [-0.1, -0.05) is 11.8 Å². The topological polar surface area (TPSA) is 98.8 Å². The summed E-state index contributed by atoms with van der Waals surface area (Å²) >= 11 is 0.894. The molecule has 112 valence electrons. The largest absolute Gasteiger partial charge is 0.466 e. The molecular formula is C12H17NO6S. The van der Waals surface area contributed by atoms with E-state index in [1.165, 1.54) is 14.0 Å². The minimum absolute atomic E-state index is 0.0615. The number of esters is 2. The normalized spacial score (nSPS) is 11.8. The Labute approximate surface area is 121 Å². The van der Waals surface area contributed by atoms with Crippen molar-refractivity contribution in [2.24, 2.45) is 0 Å². The summed E-state index contributed by atoms with van der Waals surface area (Å²) in [6.07, 6.45) is 1.87. The van der Waals surface area contributed by atoms with Gasteiger partial charge in [0.1, 0.15) is 6.04 Å². The molecule has 8 heteroatoms. The molecule has 7 nitrogen and oxygen atoms in total. The monoisotopic (exact) mass is 303 g/mol. The van der Waals surface area contributed by atoms with Crippen molar-refractivity contribution in [1.29, 1.82) is 0 Å². The van der Waals surface area contributed by atoms with E-state index >= 15 is 0 Å². The summed E-state index contributed by atoms with van der Waals surface area (Å²) < 4.78 is 9.11. The number of rotatable bonds is 7. The zero-order valence-electron chi connectivity index (χ0n) is 11.5. The highest BCUT2D eigenvalue weighted by Gasteiger charge is 2.22. The highest BCUT2D eigenvalue weighted by atomic mass is 32.2. The van der Waals surface area contributed by atoms with Crippen LogP contribution < -0.4 is 5.32 Å². The van der Waals surface area contributed by atoms with Crippen LogP contribution in [0.2, 0.25) is 0 Å². The van der Waals surface area contributed by atoms with E-state index in [0.29, 0.717) is 0 Å². The first-order valence-electron chi connectivity index (χ1n) is 5.77. The maximum atomic E-state index is 11.6. The van der Waals surface area contributed by atoms with E-state index in [1.807, 2.05) is 0 Å². The van der Waals surface area contributed by atoms with E-state index in [0.717, 1.165) is 23.9 Å². The third-order valence-corrected chi connectivity index (χ3v) is 2.82. The van der Waals surface area contributed by atoms with E-state index < -0.39 is 23.9 Å². The molecule has 0 aromatic heterocycles. The summed E-state index contributed by atoms with van der Waals surface area (Å²) in [4.78, 5) is 44.8. The van der Waals surface area contributed by atoms with Gasteiger partial charge in [-0.25, -0.2) is 9.59 Å². The molecule has 20 heavy (non-hydrogen) atoms. The predicted octanol–water partition coefficient (Wildman–Crippen LogP) is 0.0432. The second-order valence-electron chi connectivity index (χ2n) is 3.47. The van der Waals surface area contributed by atoms with Crippen molar-refractivity contribution in [2.45, 2.75) is 19.9 Å². The number of nitrogens with one attached hydrogen (secondary N) is 1. The SMILES string of the molecule is CCOC(=O)C(CSC(C)=O)NC(=O)/C=C/C(=O)OC. The van der Waals surface area contributed by atoms with E-state index in [-0.39, 0.29) is 17.5 Å². The second kappa shape index (κ2) is 10.0.